The zero-order chi connectivity index (χ0) is 23.2. The van der Waals surface area contributed by atoms with Gasteiger partial charge in [0.1, 0.15) is 11.5 Å². The number of nitrogens with one attached hydrogen (secondary N) is 1. The van der Waals surface area contributed by atoms with Crippen molar-refractivity contribution in [2.24, 2.45) is 0 Å². The molecule has 0 spiro atoms. The highest BCUT2D eigenvalue weighted by Gasteiger charge is 2.22. The van der Waals surface area contributed by atoms with Gasteiger partial charge >= 0.3 is 0 Å². The molecule has 0 radical (unpaired) electrons. The lowest BCUT2D eigenvalue weighted by Crippen LogP contribution is -2.46. The average Bonchev–Trinajstić information content (AvgIpc) is 2.93. The topological polar surface area (TPSA) is 58.1 Å². The second kappa shape index (κ2) is 10.4. The van der Waals surface area contributed by atoms with E-state index in [4.69, 9.17) is 4.98 Å². The maximum absolute atomic E-state index is 13.3. The molecule has 0 aliphatic carbocycles. The highest BCUT2D eigenvalue weighted by Crippen LogP contribution is 2.22. The van der Waals surface area contributed by atoms with E-state index in [1.165, 1.54) is 11.1 Å². The minimum absolute atomic E-state index is 0.0920. The van der Waals surface area contributed by atoms with Crippen LogP contribution in [0.15, 0.2) is 97.3 Å². The molecular weight excluding hydrogens is 420 g/mol. The summed E-state index contributed by atoms with van der Waals surface area (Å²) in [5.74, 6) is 0.743. The number of hydrogen-bond donors (Lipinski definition) is 1. The second-order valence-electron chi connectivity index (χ2n) is 8.64. The SMILES string of the molecule is O=C(c1cncc(CCc2ccccc2)c1)c1cccc(N2CCNC(c3ccccc3)C2)n1. The minimum atomic E-state index is -0.0920. The van der Waals surface area contributed by atoms with Gasteiger partial charge in [-0.05, 0) is 47.7 Å². The lowest BCUT2D eigenvalue weighted by molar-refractivity contribution is 0.103. The van der Waals surface area contributed by atoms with Gasteiger partial charge in [-0.3, -0.25) is 9.78 Å². The molecule has 1 aliphatic rings. The predicted octanol–water partition coefficient (Wildman–Crippen LogP) is 4.64. The molecule has 0 saturated carbocycles. The molecule has 5 nitrogen and oxygen atoms in total. The van der Waals surface area contributed by atoms with Gasteiger partial charge in [-0.15, -0.1) is 0 Å². The Labute approximate surface area is 200 Å². The molecule has 1 unspecified atom stereocenters. The van der Waals surface area contributed by atoms with E-state index in [0.717, 1.165) is 43.9 Å². The van der Waals surface area contributed by atoms with Gasteiger partial charge in [-0.2, -0.15) is 0 Å². The summed E-state index contributed by atoms with van der Waals surface area (Å²) in [7, 11) is 0. The number of anilines is 1. The van der Waals surface area contributed by atoms with Crippen molar-refractivity contribution >= 4 is 11.6 Å². The highest BCUT2D eigenvalue weighted by atomic mass is 16.1. The normalized spacial score (nSPS) is 15.8. The Balaban J connectivity index is 1.30. The van der Waals surface area contributed by atoms with Crippen molar-refractivity contribution in [3.63, 3.8) is 0 Å². The third kappa shape index (κ3) is 5.21. The Kier molecular flexibility index (Phi) is 6.73. The zero-order valence-electron chi connectivity index (χ0n) is 19.1. The Bertz CT molecular complexity index is 1240. The first-order valence-corrected chi connectivity index (χ1v) is 11.8. The van der Waals surface area contributed by atoms with Gasteiger partial charge in [0.25, 0.3) is 0 Å². The highest BCUT2D eigenvalue weighted by molar-refractivity contribution is 6.07. The quantitative estimate of drug-likeness (QED) is 0.417. The number of pyridine rings is 2. The summed E-state index contributed by atoms with van der Waals surface area (Å²) in [5, 5.41) is 3.58. The molecule has 170 valence electrons. The first-order valence-electron chi connectivity index (χ1n) is 11.8. The molecule has 3 heterocycles. The standard InChI is InChI=1S/C29H28N4O/c34-29(25-18-23(19-30-20-25)15-14-22-8-3-1-4-9-22)26-12-7-13-28(32-26)33-17-16-31-27(21-33)24-10-5-2-6-11-24/h1-13,18-20,27,31H,14-17,21H2. The van der Waals surface area contributed by atoms with Crippen molar-refractivity contribution in [1.29, 1.82) is 0 Å². The molecule has 2 aromatic heterocycles. The molecule has 1 atom stereocenters. The van der Waals surface area contributed by atoms with E-state index in [9.17, 15) is 4.79 Å². The van der Waals surface area contributed by atoms with Crippen LogP contribution < -0.4 is 10.2 Å². The van der Waals surface area contributed by atoms with Gasteiger partial charge in [-0.25, -0.2) is 4.98 Å². The molecular formula is C29H28N4O. The first kappa shape index (κ1) is 22.0. The maximum atomic E-state index is 13.3. The van der Waals surface area contributed by atoms with Crippen molar-refractivity contribution in [2.75, 3.05) is 24.5 Å². The first-order chi connectivity index (χ1) is 16.8. The van der Waals surface area contributed by atoms with Crippen LogP contribution >= 0.6 is 0 Å². The lowest BCUT2D eigenvalue weighted by Gasteiger charge is -2.35. The number of nitrogens with zero attached hydrogens (tertiary/aromatic N) is 3. The number of carbonyl (C=O) groups excluding carboxylic acids is 1. The van der Waals surface area contributed by atoms with E-state index in [2.05, 4.69) is 51.6 Å². The van der Waals surface area contributed by atoms with Crippen molar-refractivity contribution < 1.29 is 4.79 Å². The number of carbonyl (C=O) groups is 1. The summed E-state index contributed by atoms with van der Waals surface area (Å²) in [6.07, 6.45) is 5.24. The molecule has 2 aromatic carbocycles. The van der Waals surface area contributed by atoms with Gasteiger partial charge in [0, 0.05) is 43.6 Å². The largest absolute Gasteiger partial charge is 0.353 e. The van der Waals surface area contributed by atoms with Crippen molar-refractivity contribution in [3.8, 4) is 0 Å². The van der Waals surface area contributed by atoms with Crippen LogP contribution in [0.3, 0.4) is 0 Å². The van der Waals surface area contributed by atoms with E-state index < -0.39 is 0 Å². The Hall–Kier alpha value is -3.83. The third-order valence-corrected chi connectivity index (χ3v) is 6.27. The molecule has 1 fully saturated rings. The van der Waals surface area contributed by atoms with E-state index in [-0.39, 0.29) is 11.8 Å². The zero-order valence-corrected chi connectivity index (χ0v) is 19.1. The number of rotatable bonds is 7. The van der Waals surface area contributed by atoms with Gasteiger partial charge in [-0.1, -0.05) is 66.7 Å². The van der Waals surface area contributed by atoms with Crippen LogP contribution in [-0.4, -0.2) is 35.4 Å². The molecule has 1 aliphatic heterocycles. The fourth-order valence-electron chi connectivity index (χ4n) is 4.42. The summed E-state index contributed by atoms with van der Waals surface area (Å²) in [6, 6.07) is 28.7. The number of aryl methyl sites for hydroxylation is 2. The van der Waals surface area contributed by atoms with Gasteiger partial charge < -0.3 is 10.2 Å². The van der Waals surface area contributed by atoms with Gasteiger partial charge in [0.15, 0.2) is 0 Å². The number of hydrogen-bond acceptors (Lipinski definition) is 5. The molecule has 5 rings (SSSR count). The van der Waals surface area contributed by atoms with Crippen LogP contribution in [0.4, 0.5) is 5.82 Å². The summed E-state index contributed by atoms with van der Waals surface area (Å²) in [6.45, 7) is 2.53. The van der Waals surface area contributed by atoms with Gasteiger partial charge in [0.05, 0.1) is 0 Å². The summed E-state index contributed by atoms with van der Waals surface area (Å²) in [5.41, 5.74) is 4.63. The second-order valence-corrected chi connectivity index (χ2v) is 8.64. The summed E-state index contributed by atoms with van der Waals surface area (Å²) < 4.78 is 0. The van der Waals surface area contributed by atoms with Crippen LogP contribution in [0, 0.1) is 0 Å². The molecule has 4 aromatic rings. The van der Waals surface area contributed by atoms with E-state index in [1.807, 2.05) is 48.7 Å². The van der Waals surface area contributed by atoms with Crippen LogP contribution in [0.2, 0.25) is 0 Å². The maximum Gasteiger partial charge on any atom is 0.212 e. The third-order valence-electron chi connectivity index (χ3n) is 6.27. The Morgan fingerprint density at radius 1 is 0.882 bits per heavy atom. The van der Waals surface area contributed by atoms with Crippen LogP contribution in [0.1, 0.15) is 38.8 Å². The van der Waals surface area contributed by atoms with Crippen molar-refractivity contribution in [3.05, 3.63) is 125 Å². The Morgan fingerprint density at radius 3 is 2.47 bits per heavy atom. The molecule has 1 saturated heterocycles. The summed E-state index contributed by atoms with van der Waals surface area (Å²) >= 11 is 0. The number of aromatic nitrogens is 2. The minimum Gasteiger partial charge on any atom is -0.353 e. The van der Waals surface area contributed by atoms with Crippen molar-refractivity contribution in [1.82, 2.24) is 15.3 Å². The smallest absolute Gasteiger partial charge is 0.212 e. The van der Waals surface area contributed by atoms with E-state index in [0.29, 0.717) is 11.3 Å². The molecule has 1 N–H and O–H groups in total. The fourth-order valence-corrected chi connectivity index (χ4v) is 4.42. The fraction of sp³-hybridized carbons (Fsp3) is 0.207. The number of piperazine rings is 1. The Morgan fingerprint density at radius 2 is 1.65 bits per heavy atom. The molecule has 5 heteroatoms. The van der Waals surface area contributed by atoms with E-state index >= 15 is 0 Å². The van der Waals surface area contributed by atoms with Crippen LogP contribution in [0.25, 0.3) is 0 Å². The monoisotopic (exact) mass is 448 g/mol. The van der Waals surface area contributed by atoms with E-state index in [1.54, 1.807) is 12.3 Å². The summed E-state index contributed by atoms with van der Waals surface area (Å²) in [4.78, 5) is 24.6. The molecule has 0 bridgehead atoms. The molecule has 34 heavy (non-hydrogen) atoms. The van der Waals surface area contributed by atoms with Gasteiger partial charge in [0.2, 0.25) is 5.78 Å². The van der Waals surface area contributed by atoms with Crippen LogP contribution in [-0.2, 0) is 12.8 Å². The van der Waals surface area contributed by atoms with Crippen LogP contribution in [0.5, 0.6) is 0 Å². The number of ketones is 1. The number of benzene rings is 2. The average molecular weight is 449 g/mol. The predicted molar refractivity (Wildman–Crippen MR) is 135 cm³/mol. The lowest BCUT2D eigenvalue weighted by atomic mass is 10.0. The van der Waals surface area contributed by atoms with Crippen molar-refractivity contribution in [2.45, 2.75) is 18.9 Å². The molecule has 0 amide bonds.